The summed E-state index contributed by atoms with van der Waals surface area (Å²) in [6, 6.07) is 2.03. The summed E-state index contributed by atoms with van der Waals surface area (Å²) in [6.45, 7) is 0.0950. The van der Waals surface area contributed by atoms with E-state index < -0.39 is 18.4 Å². The fraction of sp³-hybridized carbons (Fsp3) is 0.400. The normalized spacial score (nSPS) is 15.3. The van der Waals surface area contributed by atoms with E-state index in [0.29, 0.717) is 11.6 Å². The van der Waals surface area contributed by atoms with Crippen molar-refractivity contribution in [2.45, 2.75) is 14.8 Å². The number of hydrogen-bond acceptors (Lipinski definition) is 3. The first-order valence-electron chi connectivity index (χ1n) is 4.90. The molecule has 0 spiro atoms. The van der Waals surface area contributed by atoms with E-state index in [-0.39, 0.29) is 12.5 Å². The first kappa shape index (κ1) is 10.7. The molecule has 1 aromatic rings. The van der Waals surface area contributed by atoms with Gasteiger partial charge in [-0.25, -0.2) is 0 Å². The molecule has 0 aliphatic carbocycles. The molecule has 80 valence electrons. The van der Waals surface area contributed by atoms with Gasteiger partial charge < -0.3 is 0 Å². The van der Waals surface area contributed by atoms with Crippen molar-refractivity contribution < 1.29 is 9.53 Å². The summed E-state index contributed by atoms with van der Waals surface area (Å²) in [7, 11) is 0. The van der Waals surface area contributed by atoms with Crippen molar-refractivity contribution in [2.24, 2.45) is 0 Å². The number of carbonyl (C=O) groups is 1. The average Bonchev–Trinajstić information content (AvgIpc) is 2.15. The Hall–Kier alpha value is -0.781. The molecule has 1 amide bonds. The number of pyridine rings is 1. The second kappa shape index (κ2) is 3.66. The van der Waals surface area contributed by atoms with E-state index in [2.05, 4.69) is 25.1 Å². The average molecular weight is 313 g/mol. The summed E-state index contributed by atoms with van der Waals surface area (Å²) in [5.74, 6) is 1.12. The molecule has 1 N–H and O–H groups in total. The number of ether oxygens (including phenoxy) is 1. The number of hydrogen-bond donors (Lipinski definition) is 1. The van der Waals surface area contributed by atoms with Crippen LogP contribution in [0.2, 0.25) is 14.8 Å². The molecular weight excluding hydrogens is 299 g/mol. The summed E-state index contributed by atoms with van der Waals surface area (Å²) in [5.41, 5.74) is 0. The molecular formula is C10H14N2O2Sn. The van der Waals surface area contributed by atoms with Crippen LogP contribution in [-0.4, -0.2) is 35.9 Å². The molecule has 1 aliphatic rings. The molecule has 1 aliphatic heterocycles. The number of rotatable bonds is 1. The van der Waals surface area contributed by atoms with Gasteiger partial charge in [0.2, 0.25) is 0 Å². The third kappa shape index (κ3) is 2.25. The van der Waals surface area contributed by atoms with Gasteiger partial charge in [0, 0.05) is 0 Å². The van der Waals surface area contributed by atoms with Crippen molar-refractivity contribution in [2.75, 3.05) is 11.9 Å². The third-order valence-electron chi connectivity index (χ3n) is 2.34. The molecule has 0 saturated carbocycles. The van der Waals surface area contributed by atoms with Gasteiger partial charge in [0.25, 0.3) is 0 Å². The molecule has 0 saturated heterocycles. The second-order valence-electron chi connectivity index (χ2n) is 4.66. The predicted molar refractivity (Wildman–Crippen MR) is 61.3 cm³/mol. The van der Waals surface area contributed by atoms with Crippen LogP contribution in [0.4, 0.5) is 5.82 Å². The number of amides is 1. The van der Waals surface area contributed by atoms with E-state index in [0.717, 1.165) is 0 Å². The SMILES string of the molecule is [CH3][Sn]([CH3])([CH3])[c]1cnc2c(c1)OCC(=O)N2. The van der Waals surface area contributed by atoms with E-state index in [4.69, 9.17) is 4.74 Å². The van der Waals surface area contributed by atoms with Crippen LogP contribution in [-0.2, 0) is 4.79 Å². The Bertz CT molecular complexity index is 412. The Labute approximate surface area is 92.9 Å². The van der Waals surface area contributed by atoms with E-state index in [1.165, 1.54) is 3.58 Å². The van der Waals surface area contributed by atoms with Crippen molar-refractivity contribution in [1.82, 2.24) is 4.98 Å². The van der Waals surface area contributed by atoms with Gasteiger partial charge in [-0.15, -0.1) is 0 Å². The summed E-state index contributed by atoms with van der Waals surface area (Å²) in [6.07, 6.45) is 1.86. The Morgan fingerprint density at radius 2 is 2.20 bits per heavy atom. The van der Waals surface area contributed by atoms with Crippen LogP contribution in [0.5, 0.6) is 5.75 Å². The standard InChI is InChI=1S/C7H5N2O2.3CH3.Sn/c10-6-4-11-5-2-1-3-8-7(5)9-6;;;;/h2-3H,4H2,(H,8,9,10);3*1H3;. The maximum atomic E-state index is 11.0. The molecule has 5 heteroatoms. The van der Waals surface area contributed by atoms with Crippen molar-refractivity contribution >= 4 is 33.7 Å². The van der Waals surface area contributed by atoms with Crippen LogP contribution >= 0.6 is 0 Å². The number of nitrogens with one attached hydrogen (secondary N) is 1. The van der Waals surface area contributed by atoms with E-state index >= 15 is 0 Å². The van der Waals surface area contributed by atoms with Crippen molar-refractivity contribution in [3.8, 4) is 5.75 Å². The van der Waals surface area contributed by atoms with Crippen LogP contribution in [0, 0.1) is 0 Å². The van der Waals surface area contributed by atoms with E-state index in [1.807, 2.05) is 12.3 Å². The number of nitrogens with zero attached hydrogens (tertiary/aromatic N) is 1. The molecule has 0 bridgehead atoms. The first-order valence-corrected chi connectivity index (χ1v) is 14.9. The third-order valence-corrected chi connectivity index (χ3v) is 8.06. The fourth-order valence-corrected chi connectivity index (χ4v) is 4.27. The van der Waals surface area contributed by atoms with Crippen LogP contribution in [0.1, 0.15) is 0 Å². The molecule has 0 radical (unpaired) electrons. The van der Waals surface area contributed by atoms with Gasteiger partial charge in [0.1, 0.15) is 0 Å². The summed E-state index contributed by atoms with van der Waals surface area (Å²) in [5, 5.41) is 2.69. The van der Waals surface area contributed by atoms with Gasteiger partial charge in [-0.2, -0.15) is 0 Å². The van der Waals surface area contributed by atoms with Gasteiger partial charge in [-0.05, 0) is 0 Å². The van der Waals surface area contributed by atoms with Crippen LogP contribution in [0.15, 0.2) is 12.3 Å². The monoisotopic (exact) mass is 314 g/mol. The van der Waals surface area contributed by atoms with Crippen molar-refractivity contribution in [3.63, 3.8) is 0 Å². The van der Waals surface area contributed by atoms with Crippen LogP contribution in [0.3, 0.4) is 0 Å². The molecule has 0 unspecified atom stereocenters. The van der Waals surface area contributed by atoms with Gasteiger partial charge in [0.05, 0.1) is 0 Å². The quantitative estimate of drug-likeness (QED) is 0.786. The molecule has 1 aromatic heterocycles. The summed E-state index contributed by atoms with van der Waals surface area (Å²) in [4.78, 5) is 22.2. The Morgan fingerprint density at radius 1 is 1.47 bits per heavy atom. The Balaban J connectivity index is 2.39. The summed E-state index contributed by atoms with van der Waals surface area (Å²) >= 11 is -2.08. The van der Waals surface area contributed by atoms with Crippen LogP contribution in [0.25, 0.3) is 0 Å². The van der Waals surface area contributed by atoms with Crippen LogP contribution < -0.4 is 13.6 Å². The van der Waals surface area contributed by atoms with Gasteiger partial charge in [0.15, 0.2) is 0 Å². The molecule has 2 rings (SSSR count). The van der Waals surface area contributed by atoms with Crippen molar-refractivity contribution in [1.29, 1.82) is 0 Å². The molecule has 2 heterocycles. The zero-order chi connectivity index (χ0) is 11.1. The zero-order valence-electron chi connectivity index (χ0n) is 9.13. The maximum absolute atomic E-state index is 11.0. The molecule has 0 atom stereocenters. The summed E-state index contributed by atoms with van der Waals surface area (Å²) < 4.78 is 6.64. The van der Waals surface area contributed by atoms with Gasteiger partial charge >= 0.3 is 93.0 Å². The van der Waals surface area contributed by atoms with E-state index in [1.54, 1.807) is 0 Å². The predicted octanol–water partition coefficient (Wildman–Crippen LogP) is 0.958. The molecule has 15 heavy (non-hydrogen) atoms. The zero-order valence-corrected chi connectivity index (χ0v) is 12.0. The number of carbonyl (C=O) groups excluding carboxylic acids is 1. The fourth-order valence-electron chi connectivity index (χ4n) is 1.37. The minimum absolute atomic E-state index is 0.0950. The molecule has 0 aromatic carbocycles. The molecule has 0 fully saturated rings. The number of anilines is 1. The second-order valence-corrected chi connectivity index (χ2v) is 19.1. The number of aromatic nitrogens is 1. The Morgan fingerprint density at radius 3 is 2.87 bits per heavy atom. The van der Waals surface area contributed by atoms with Gasteiger partial charge in [-0.3, -0.25) is 0 Å². The molecule has 4 nitrogen and oxygen atoms in total. The number of fused-ring (bicyclic) bond motifs is 1. The van der Waals surface area contributed by atoms with E-state index in [9.17, 15) is 4.79 Å². The van der Waals surface area contributed by atoms with Crippen molar-refractivity contribution in [3.05, 3.63) is 12.3 Å². The van der Waals surface area contributed by atoms with Gasteiger partial charge in [-0.1, -0.05) is 0 Å². The minimum atomic E-state index is -2.08. The topological polar surface area (TPSA) is 51.2 Å². The first-order chi connectivity index (χ1) is 6.97. The Kier molecular flexibility index (Phi) is 2.62.